The van der Waals surface area contributed by atoms with Crippen LogP contribution in [-0.2, 0) is 6.54 Å². The van der Waals surface area contributed by atoms with Gasteiger partial charge in [-0.1, -0.05) is 64.5 Å². The van der Waals surface area contributed by atoms with E-state index < -0.39 is 0 Å². The molecule has 0 saturated heterocycles. The van der Waals surface area contributed by atoms with Crippen molar-refractivity contribution < 1.29 is 0 Å². The second kappa shape index (κ2) is 5.61. The second-order valence-electron chi connectivity index (χ2n) is 3.48. The molecule has 0 aliphatic carbocycles. The van der Waals surface area contributed by atoms with Crippen LogP contribution < -0.4 is 0 Å². The van der Waals surface area contributed by atoms with Crippen molar-refractivity contribution in [2.75, 3.05) is 0 Å². The van der Waals surface area contributed by atoms with Gasteiger partial charge in [0.25, 0.3) is 0 Å². The summed E-state index contributed by atoms with van der Waals surface area (Å²) < 4.78 is 1.08. The molecule has 2 aromatic rings. The van der Waals surface area contributed by atoms with E-state index in [1.165, 1.54) is 5.56 Å². The van der Waals surface area contributed by atoms with E-state index >= 15 is 0 Å². The molecule has 0 saturated carbocycles. The van der Waals surface area contributed by atoms with Crippen LogP contribution >= 0.6 is 15.9 Å². The van der Waals surface area contributed by atoms with Gasteiger partial charge in [-0.05, 0) is 11.6 Å². The highest BCUT2D eigenvalue weighted by Crippen LogP contribution is 2.13. The van der Waals surface area contributed by atoms with Crippen LogP contribution in [0.5, 0.6) is 0 Å². The molecule has 0 aliphatic rings. The Morgan fingerprint density at radius 2 is 1.62 bits per heavy atom. The van der Waals surface area contributed by atoms with Crippen LogP contribution in [0.3, 0.4) is 0 Å². The molecule has 0 atom stereocenters. The Balaban J connectivity index is 2.03. The lowest BCUT2D eigenvalue weighted by Gasteiger charge is -1.97. The maximum atomic E-state index is 4.42. The van der Waals surface area contributed by atoms with Crippen LogP contribution in [0.2, 0.25) is 0 Å². The van der Waals surface area contributed by atoms with Gasteiger partial charge in [-0.3, -0.25) is 4.99 Å². The molecule has 2 heteroatoms. The maximum absolute atomic E-state index is 4.42. The highest BCUT2D eigenvalue weighted by Gasteiger charge is 1.93. The summed E-state index contributed by atoms with van der Waals surface area (Å²) >= 11 is 3.49. The first-order valence-electron chi connectivity index (χ1n) is 5.14. The third kappa shape index (κ3) is 3.04. The summed E-state index contributed by atoms with van der Waals surface area (Å²) in [7, 11) is 0. The van der Waals surface area contributed by atoms with Crippen molar-refractivity contribution >= 4 is 22.1 Å². The lowest BCUT2D eigenvalue weighted by molar-refractivity contribution is 1.08. The van der Waals surface area contributed by atoms with E-state index in [0.717, 1.165) is 16.6 Å². The zero-order chi connectivity index (χ0) is 11.2. The predicted molar refractivity (Wildman–Crippen MR) is 71.9 cm³/mol. The van der Waals surface area contributed by atoms with Gasteiger partial charge in [0.2, 0.25) is 0 Å². The van der Waals surface area contributed by atoms with Crippen molar-refractivity contribution in [3.63, 3.8) is 0 Å². The fraction of sp³-hybridized carbons (Fsp3) is 0.0714. The minimum absolute atomic E-state index is 0.724. The van der Waals surface area contributed by atoms with Crippen molar-refractivity contribution in [3.8, 4) is 0 Å². The molecule has 1 nitrogen and oxygen atoms in total. The van der Waals surface area contributed by atoms with Gasteiger partial charge in [-0.25, -0.2) is 0 Å². The van der Waals surface area contributed by atoms with Crippen LogP contribution in [-0.4, -0.2) is 6.21 Å². The quantitative estimate of drug-likeness (QED) is 0.748. The largest absolute Gasteiger partial charge is 0.288 e. The molecule has 0 amide bonds. The molecule has 0 fully saturated rings. The van der Waals surface area contributed by atoms with Crippen LogP contribution in [0.15, 0.2) is 64.1 Å². The van der Waals surface area contributed by atoms with E-state index in [2.05, 4.69) is 33.1 Å². The fourth-order valence-corrected chi connectivity index (χ4v) is 1.80. The summed E-state index contributed by atoms with van der Waals surface area (Å²) in [5.74, 6) is 0. The molecular formula is C14H12BrN. The molecule has 0 aliphatic heterocycles. The number of benzene rings is 2. The first kappa shape index (κ1) is 11.1. The summed E-state index contributed by atoms with van der Waals surface area (Å²) in [6, 6.07) is 18.3. The van der Waals surface area contributed by atoms with Crippen LogP contribution in [0.25, 0.3) is 0 Å². The average Bonchev–Trinajstić information content (AvgIpc) is 2.33. The van der Waals surface area contributed by atoms with Crippen molar-refractivity contribution in [2.24, 2.45) is 4.99 Å². The summed E-state index contributed by atoms with van der Waals surface area (Å²) in [6.07, 6.45) is 1.90. The molecule has 0 spiro atoms. The Hall–Kier alpha value is -1.41. The van der Waals surface area contributed by atoms with Crippen molar-refractivity contribution in [3.05, 3.63) is 70.2 Å². The standard InChI is InChI=1S/C14H12BrN/c15-14-9-5-4-8-13(14)11-16-10-12-6-2-1-3-7-12/h1-9,11H,10H2. The molecule has 2 aromatic carbocycles. The first-order chi connectivity index (χ1) is 7.86. The Bertz CT molecular complexity index is 477. The molecule has 0 N–H and O–H groups in total. The van der Waals surface area contributed by atoms with E-state index in [1.54, 1.807) is 0 Å². The molecular weight excluding hydrogens is 262 g/mol. The minimum atomic E-state index is 0.724. The lowest BCUT2D eigenvalue weighted by Crippen LogP contribution is -1.85. The highest BCUT2D eigenvalue weighted by atomic mass is 79.9. The Morgan fingerprint density at radius 3 is 2.38 bits per heavy atom. The number of nitrogens with zero attached hydrogens (tertiary/aromatic N) is 1. The zero-order valence-corrected chi connectivity index (χ0v) is 10.4. The molecule has 0 unspecified atom stereocenters. The summed E-state index contributed by atoms with van der Waals surface area (Å²) in [6.45, 7) is 0.724. The van der Waals surface area contributed by atoms with Crippen molar-refractivity contribution in [1.82, 2.24) is 0 Å². The van der Waals surface area contributed by atoms with E-state index in [4.69, 9.17) is 0 Å². The highest BCUT2D eigenvalue weighted by molar-refractivity contribution is 9.10. The van der Waals surface area contributed by atoms with Gasteiger partial charge in [-0.2, -0.15) is 0 Å². The third-order valence-corrected chi connectivity index (χ3v) is 2.97. The molecule has 80 valence electrons. The minimum Gasteiger partial charge on any atom is -0.288 e. The predicted octanol–water partition coefficient (Wildman–Crippen LogP) is 4.07. The number of hydrogen-bond donors (Lipinski definition) is 0. The third-order valence-electron chi connectivity index (χ3n) is 2.25. The number of halogens is 1. The van der Waals surface area contributed by atoms with Gasteiger partial charge in [-0.15, -0.1) is 0 Å². The molecule has 0 heterocycles. The average molecular weight is 274 g/mol. The second-order valence-corrected chi connectivity index (χ2v) is 4.33. The summed E-state index contributed by atoms with van der Waals surface area (Å²) in [4.78, 5) is 4.42. The smallest absolute Gasteiger partial charge is 0.0639 e. The van der Waals surface area contributed by atoms with E-state index in [0.29, 0.717) is 0 Å². The van der Waals surface area contributed by atoms with Gasteiger partial charge in [0.05, 0.1) is 6.54 Å². The van der Waals surface area contributed by atoms with Crippen molar-refractivity contribution in [1.29, 1.82) is 0 Å². The van der Waals surface area contributed by atoms with Gasteiger partial charge >= 0.3 is 0 Å². The Kier molecular flexibility index (Phi) is 3.89. The topological polar surface area (TPSA) is 12.4 Å². The van der Waals surface area contributed by atoms with Crippen LogP contribution in [0.1, 0.15) is 11.1 Å². The van der Waals surface area contributed by atoms with Gasteiger partial charge < -0.3 is 0 Å². The summed E-state index contributed by atoms with van der Waals surface area (Å²) in [5, 5.41) is 0. The number of rotatable bonds is 3. The molecule has 2 rings (SSSR count). The van der Waals surface area contributed by atoms with Gasteiger partial charge in [0.15, 0.2) is 0 Å². The molecule has 0 aromatic heterocycles. The SMILES string of the molecule is Brc1ccccc1C=NCc1ccccc1. The zero-order valence-electron chi connectivity index (χ0n) is 8.81. The molecule has 16 heavy (non-hydrogen) atoms. The van der Waals surface area contributed by atoms with Crippen molar-refractivity contribution in [2.45, 2.75) is 6.54 Å². The summed E-state index contributed by atoms with van der Waals surface area (Å²) in [5.41, 5.74) is 2.34. The van der Waals surface area contributed by atoms with Crippen LogP contribution in [0.4, 0.5) is 0 Å². The molecule has 0 radical (unpaired) electrons. The molecule has 0 bridgehead atoms. The Labute approximate surface area is 104 Å². The van der Waals surface area contributed by atoms with E-state index in [9.17, 15) is 0 Å². The van der Waals surface area contributed by atoms with E-state index in [-0.39, 0.29) is 0 Å². The van der Waals surface area contributed by atoms with Gasteiger partial charge in [0.1, 0.15) is 0 Å². The monoisotopic (exact) mass is 273 g/mol. The number of hydrogen-bond acceptors (Lipinski definition) is 1. The Morgan fingerprint density at radius 1 is 0.938 bits per heavy atom. The maximum Gasteiger partial charge on any atom is 0.0639 e. The first-order valence-corrected chi connectivity index (χ1v) is 5.94. The lowest BCUT2D eigenvalue weighted by atomic mass is 10.2. The normalized spacial score (nSPS) is 10.8. The number of aliphatic imine (C=N–C) groups is 1. The van der Waals surface area contributed by atoms with Gasteiger partial charge in [0, 0.05) is 16.3 Å². The fourth-order valence-electron chi connectivity index (χ4n) is 1.41. The van der Waals surface area contributed by atoms with E-state index in [1.807, 2.05) is 48.7 Å². The van der Waals surface area contributed by atoms with Crippen LogP contribution in [0, 0.1) is 0 Å².